The molecular weight excluding hydrogens is 281 g/mol. The first-order valence-electron chi connectivity index (χ1n) is 6.33. The second kappa shape index (κ2) is 5.96. The molecule has 1 N–H and O–H groups in total. The Morgan fingerprint density at radius 3 is 2.76 bits per heavy atom. The summed E-state index contributed by atoms with van der Waals surface area (Å²) in [6.45, 7) is 0. The molecule has 0 radical (unpaired) electrons. The lowest BCUT2D eigenvalue weighted by molar-refractivity contribution is 0.403. The molecule has 17 heavy (non-hydrogen) atoms. The summed E-state index contributed by atoms with van der Waals surface area (Å²) in [5.74, 6) is 0.649. The second-order valence-corrected chi connectivity index (χ2v) is 5.81. The van der Waals surface area contributed by atoms with Gasteiger partial charge in [-0.1, -0.05) is 41.6 Å². The van der Waals surface area contributed by atoms with Gasteiger partial charge in [-0.05, 0) is 37.6 Å². The molecule has 1 unspecified atom stereocenters. The Morgan fingerprint density at radius 2 is 2.12 bits per heavy atom. The van der Waals surface area contributed by atoms with E-state index in [1.807, 2.05) is 13.1 Å². The lowest BCUT2D eigenvalue weighted by atomic mass is 9.93. The third kappa shape index (κ3) is 3.29. The van der Waals surface area contributed by atoms with E-state index in [1.165, 1.54) is 25.7 Å². The van der Waals surface area contributed by atoms with Gasteiger partial charge in [0.05, 0.1) is 0 Å². The second-order valence-electron chi connectivity index (χ2n) is 4.89. The normalized spacial score (nSPS) is 18.5. The smallest absolute Gasteiger partial charge is 0.128 e. The van der Waals surface area contributed by atoms with Crippen LogP contribution in [0.1, 0.15) is 43.7 Å². The molecule has 2 rings (SSSR count). The summed E-state index contributed by atoms with van der Waals surface area (Å²) in [4.78, 5) is 0. The maximum atomic E-state index is 13.8. The van der Waals surface area contributed by atoms with Gasteiger partial charge in [-0.2, -0.15) is 0 Å². The molecule has 1 saturated carbocycles. The highest BCUT2D eigenvalue weighted by atomic mass is 79.9. The van der Waals surface area contributed by atoms with Crippen molar-refractivity contribution in [2.24, 2.45) is 5.92 Å². The Morgan fingerprint density at radius 1 is 1.41 bits per heavy atom. The van der Waals surface area contributed by atoms with E-state index in [-0.39, 0.29) is 11.9 Å². The molecule has 1 aromatic carbocycles. The van der Waals surface area contributed by atoms with E-state index in [0.29, 0.717) is 0 Å². The molecule has 0 aromatic heterocycles. The van der Waals surface area contributed by atoms with Gasteiger partial charge in [0.15, 0.2) is 0 Å². The van der Waals surface area contributed by atoms with E-state index < -0.39 is 0 Å². The van der Waals surface area contributed by atoms with Crippen LogP contribution < -0.4 is 5.32 Å². The Labute approximate surface area is 111 Å². The van der Waals surface area contributed by atoms with Crippen LogP contribution in [0.5, 0.6) is 0 Å². The molecule has 1 fully saturated rings. The van der Waals surface area contributed by atoms with Gasteiger partial charge in [-0.25, -0.2) is 4.39 Å². The minimum Gasteiger partial charge on any atom is -0.313 e. The van der Waals surface area contributed by atoms with Crippen LogP contribution in [-0.2, 0) is 0 Å². The van der Waals surface area contributed by atoms with Gasteiger partial charge in [0.2, 0.25) is 0 Å². The number of nitrogens with one attached hydrogen (secondary N) is 1. The van der Waals surface area contributed by atoms with Gasteiger partial charge < -0.3 is 5.32 Å². The lowest BCUT2D eigenvalue weighted by Crippen LogP contribution is -2.20. The summed E-state index contributed by atoms with van der Waals surface area (Å²) in [6, 6.07) is 5.32. The molecule has 0 aliphatic heterocycles. The number of hydrogen-bond donors (Lipinski definition) is 1. The van der Waals surface area contributed by atoms with Crippen molar-refractivity contribution in [2.45, 2.75) is 38.1 Å². The minimum atomic E-state index is -0.106. The Bertz CT molecular complexity index is 374. The monoisotopic (exact) mass is 299 g/mol. The predicted molar refractivity (Wildman–Crippen MR) is 72.5 cm³/mol. The van der Waals surface area contributed by atoms with Gasteiger partial charge in [-0.15, -0.1) is 0 Å². The highest BCUT2D eigenvalue weighted by molar-refractivity contribution is 9.10. The van der Waals surface area contributed by atoms with Crippen LogP contribution in [0.2, 0.25) is 0 Å². The molecule has 0 saturated heterocycles. The summed E-state index contributed by atoms with van der Waals surface area (Å²) in [7, 11) is 1.92. The SMILES string of the molecule is CNC(CC1CCCC1)c1cc(Br)ccc1F. The fraction of sp³-hybridized carbons (Fsp3) is 0.571. The number of hydrogen-bond acceptors (Lipinski definition) is 1. The van der Waals surface area contributed by atoms with E-state index >= 15 is 0 Å². The van der Waals surface area contributed by atoms with Crippen molar-refractivity contribution in [1.29, 1.82) is 0 Å². The Hall–Kier alpha value is -0.410. The van der Waals surface area contributed by atoms with Crippen LogP contribution in [0.25, 0.3) is 0 Å². The summed E-state index contributed by atoms with van der Waals surface area (Å²) >= 11 is 3.41. The van der Waals surface area contributed by atoms with E-state index in [1.54, 1.807) is 12.1 Å². The van der Waals surface area contributed by atoms with Crippen LogP contribution in [-0.4, -0.2) is 7.05 Å². The van der Waals surface area contributed by atoms with Crippen molar-refractivity contribution in [2.75, 3.05) is 7.05 Å². The Balaban J connectivity index is 2.13. The highest BCUT2D eigenvalue weighted by Crippen LogP contribution is 2.34. The van der Waals surface area contributed by atoms with Crippen molar-refractivity contribution >= 4 is 15.9 Å². The molecule has 1 aromatic rings. The molecule has 3 heteroatoms. The van der Waals surface area contributed by atoms with Crippen molar-refractivity contribution in [1.82, 2.24) is 5.32 Å². The Kier molecular flexibility index (Phi) is 4.57. The van der Waals surface area contributed by atoms with Crippen molar-refractivity contribution in [3.8, 4) is 0 Å². The highest BCUT2D eigenvalue weighted by Gasteiger charge is 2.22. The molecule has 0 bridgehead atoms. The van der Waals surface area contributed by atoms with Gasteiger partial charge >= 0.3 is 0 Å². The number of rotatable bonds is 4. The third-order valence-corrected chi connectivity index (χ3v) is 4.22. The molecule has 1 atom stereocenters. The molecule has 1 aliphatic carbocycles. The molecule has 0 spiro atoms. The van der Waals surface area contributed by atoms with E-state index in [0.717, 1.165) is 22.4 Å². The van der Waals surface area contributed by atoms with Crippen LogP contribution in [0.4, 0.5) is 4.39 Å². The quantitative estimate of drug-likeness (QED) is 0.867. The molecule has 0 heterocycles. The van der Waals surface area contributed by atoms with Gasteiger partial charge in [0.25, 0.3) is 0 Å². The summed E-state index contributed by atoms with van der Waals surface area (Å²) in [5.41, 5.74) is 0.786. The van der Waals surface area contributed by atoms with Gasteiger partial charge in [0, 0.05) is 16.1 Å². The molecular formula is C14H19BrFN. The van der Waals surface area contributed by atoms with E-state index in [4.69, 9.17) is 0 Å². The maximum Gasteiger partial charge on any atom is 0.128 e. The average Bonchev–Trinajstić information content (AvgIpc) is 2.82. The largest absolute Gasteiger partial charge is 0.313 e. The third-order valence-electron chi connectivity index (χ3n) is 3.73. The zero-order chi connectivity index (χ0) is 12.3. The lowest BCUT2D eigenvalue weighted by Gasteiger charge is -2.21. The van der Waals surface area contributed by atoms with Crippen molar-refractivity contribution in [3.63, 3.8) is 0 Å². The topological polar surface area (TPSA) is 12.0 Å². The maximum absolute atomic E-state index is 13.8. The average molecular weight is 300 g/mol. The number of benzene rings is 1. The molecule has 94 valence electrons. The first kappa shape index (κ1) is 13.0. The van der Waals surface area contributed by atoms with Crippen LogP contribution in [0.3, 0.4) is 0 Å². The van der Waals surface area contributed by atoms with Gasteiger partial charge in [-0.3, -0.25) is 0 Å². The molecule has 0 amide bonds. The summed E-state index contributed by atoms with van der Waals surface area (Å²) in [6.07, 6.45) is 6.32. The van der Waals surface area contributed by atoms with Crippen LogP contribution in [0, 0.1) is 11.7 Å². The van der Waals surface area contributed by atoms with Crippen LogP contribution in [0.15, 0.2) is 22.7 Å². The standard InChI is InChI=1S/C14H19BrFN/c1-17-14(8-10-4-2-3-5-10)12-9-11(15)6-7-13(12)16/h6-7,9-10,14,17H,2-5,8H2,1H3. The first-order chi connectivity index (χ1) is 8.20. The van der Waals surface area contributed by atoms with Crippen LogP contribution >= 0.6 is 15.9 Å². The number of halogens is 2. The van der Waals surface area contributed by atoms with E-state index in [2.05, 4.69) is 21.2 Å². The zero-order valence-electron chi connectivity index (χ0n) is 10.2. The van der Waals surface area contributed by atoms with Gasteiger partial charge in [0.1, 0.15) is 5.82 Å². The summed E-state index contributed by atoms with van der Waals surface area (Å²) < 4.78 is 14.8. The zero-order valence-corrected chi connectivity index (χ0v) is 11.8. The molecule has 1 aliphatic rings. The first-order valence-corrected chi connectivity index (χ1v) is 7.12. The van der Waals surface area contributed by atoms with Crippen molar-refractivity contribution < 1.29 is 4.39 Å². The van der Waals surface area contributed by atoms with Crippen molar-refractivity contribution in [3.05, 3.63) is 34.1 Å². The fourth-order valence-corrected chi connectivity index (χ4v) is 3.14. The van der Waals surface area contributed by atoms with E-state index in [9.17, 15) is 4.39 Å². The predicted octanol–water partition coefficient (Wildman–Crippen LogP) is 4.43. The molecule has 1 nitrogen and oxygen atoms in total. The minimum absolute atomic E-state index is 0.106. The summed E-state index contributed by atoms with van der Waals surface area (Å²) in [5, 5.41) is 3.25. The fourth-order valence-electron chi connectivity index (χ4n) is 2.76.